The maximum atomic E-state index is 14.2. The van der Waals surface area contributed by atoms with Gasteiger partial charge in [-0.3, -0.25) is 19.2 Å². The lowest BCUT2D eigenvalue weighted by Gasteiger charge is -2.48. The van der Waals surface area contributed by atoms with Gasteiger partial charge in [0, 0.05) is 26.2 Å². The van der Waals surface area contributed by atoms with Crippen molar-refractivity contribution < 1.29 is 29.4 Å². The zero-order valence-corrected chi connectivity index (χ0v) is 24.1. The van der Waals surface area contributed by atoms with Crippen LogP contribution in [-0.4, -0.2) is 43.8 Å². The second-order valence-electron chi connectivity index (χ2n) is 11.1. The standard InChI is InChI=1S/C36H34N2O6/c39-33(37(21-25-13-5-1-6-14-25)22-26-15-7-2-8-16-26)29-31(35(41)42)30(32(29)36(43)44)34(40)38(23-27-17-9-3-10-18-27)24-28-19-11-4-12-20-28/h1-20,29-32H,21-24H2,(H,41,42)(H,43,44). The SMILES string of the molecule is O=C(O)C1C(C(=O)N(Cc2ccccc2)Cc2ccccc2)C(C(=O)O)C1C(=O)N(Cc1ccccc1)Cc1ccccc1. The molecule has 4 aromatic rings. The number of carboxylic acids is 2. The number of amides is 2. The maximum absolute atomic E-state index is 14.2. The third kappa shape index (κ3) is 6.86. The molecule has 44 heavy (non-hydrogen) atoms. The summed E-state index contributed by atoms with van der Waals surface area (Å²) in [4.78, 5) is 56.8. The van der Waals surface area contributed by atoms with E-state index in [4.69, 9.17) is 0 Å². The monoisotopic (exact) mass is 590 g/mol. The van der Waals surface area contributed by atoms with E-state index in [1.807, 2.05) is 121 Å². The number of rotatable bonds is 12. The van der Waals surface area contributed by atoms with Crippen LogP contribution in [0.3, 0.4) is 0 Å². The molecule has 224 valence electrons. The molecule has 0 atom stereocenters. The van der Waals surface area contributed by atoms with Crippen LogP contribution in [-0.2, 0) is 45.4 Å². The van der Waals surface area contributed by atoms with E-state index < -0.39 is 47.4 Å². The van der Waals surface area contributed by atoms with Gasteiger partial charge < -0.3 is 20.0 Å². The highest BCUT2D eigenvalue weighted by atomic mass is 16.4. The summed E-state index contributed by atoms with van der Waals surface area (Å²) >= 11 is 0. The van der Waals surface area contributed by atoms with Gasteiger partial charge in [0.05, 0.1) is 23.7 Å². The highest BCUT2D eigenvalue weighted by molar-refractivity contribution is 5.99. The first-order chi connectivity index (χ1) is 21.3. The molecule has 1 aliphatic carbocycles. The molecule has 4 aromatic carbocycles. The zero-order chi connectivity index (χ0) is 31.1. The number of hydrogen-bond acceptors (Lipinski definition) is 4. The fourth-order valence-electron chi connectivity index (χ4n) is 6.04. The Morgan fingerprint density at radius 2 is 0.636 bits per heavy atom. The lowest BCUT2D eigenvalue weighted by molar-refractivity contribution is -0.188. The molecular formula is C36H34N2O6. The molecule has 0 spiro atoms. The molecule has 0 unspecified atom stereocenters. The molecule has 0 saturated heterocycles. The smallest absolute Gasteiger partial charge is 0.308 e. The minimum absolute atomic E-state index is 0.163. The van der Waals surface area contributed by atoms with Crippen LogP contribution in [0, 0.1) is 23.7 Å². The highest BCUT2D eigenvalue weighted by Crippen LogP contribution is 2.49. The van der Waals surface area contributed by atoms with E-state index in [0.29, 0.717) is 0 Å². The third-order valence-electron chi connectivity index (χ3n) is 8.18. The Balaban J connectivity index is 1.47. The molecule has 0 aromatic heterocycles. The number of carbonyl (C=O) groups excluding carboxylic acids is 2. The summed E-state index contributed by atoms with van der Waals surface area (Å²) in [6.45, 7) is 0.653. The Morgan fingerprint density at radius 1 is 0.409 bits per heavy atom. The predicted octanol–water partition coefficient (Wildman–Crippen LogP) is 5.09. The van der Waals surface area contributed by atoms with Crippen LogP contribution in [0.25, 0.3) is 0 Å². The largest absolute Gasteiger partial charge is 0.481 e. The van der Waals surface area contributed by atoms with E-state index in [-0.39, 0.29) is 26.2 Å². The van der Waals surface area contributed by atoms with Crippen molar-refractivity contribution in [2.75, 3.05) is 0 Å². The minimum atomic E-state index is -1.49. The van der Waals surface area contributed by atoms with Crippen LogP contribution >= 0.6 is 0 Å². The molecule has 0 aliphatic heterocycles. The van der Waals surface area contributed by atoms with E-state index in [0.717, 1.165) is 22.3 Å². The zero-order valence-electron chi connectivity index (χ0n) is 24.1. The lowest BCUT2D eigenvalue weighted by Crippen LogP contribution is -2.64. The summed E-state index contributed by atoms with van der Waals surface area (Å²) < 4.78 is 0. The molecule has 1 fully saturated rings. The summed E-state index contributed by atoms with van der Waals surface area (Å²) in [5.41, 5.74) is 3.28. The molecule has 1 saturated carbocycles. The van der Waals surface area contributed by atoms with Gasteiger partial charge in [0.2, 0.25) is 11.8 Å². The Hall–Kier alpha value is -5.24. The van der Waals surface area contributed by atoms with Crippen molar-refractivity contribution in [2.24, 2.45) is 23.7 Å². The second-order valence-corrected chi connectivity index (χ2v) is 11.1. The molecule has 5 rings (SSSR count). The van der Waals surface area contributed by atoms with Crippen LogP contribution in [0.1, 0.15) is 22.3 Å². The summed E-state index contributed by atoms with van der Waals surface area (Å²) in [5, 5.41) is 20.7. The fraction of sp³-hybridized carbons (Fsp3) is 0.222. The Morgan fingerprint density at radius 3 is 0.841 bits per heavy atom. The van der Waals surface area contributed by atoms with Gasteiger partial charge in [-0.15, -0.1) is 0 Å². The average Bonchev–Trinajstić information content (AvgIpc) is 3.01. The van der Waals surface area contributed by atoms with Crippen molar-refractivity contribution in [2.45, 2.75) is 26.2 Å². The van der Waals surface area contributed by atoms with Gasteiger partial charge in [-0.05, 0) is 22.3 Å². The minimum Gasteiger partial charge on any atom is -0.481 e. The van der Waals surface area contributed by atoms with Crippen molar-refractivity contribution in [1.29, 1.82) is 0 Å². The topological polar surface area (TPSA) is 115 Å². The first-order valence-electron chi connectivity index (χ1n) is 14.5. The number of benzene rings is 4. The van der Waals surface area contributed by atoms with E-state index in [2.05, 4.69) is 0 Å². The molecule has 2 N–H and O–H groups in total. The van der Waals surface area contributed by atoms with Crippen LogP contribution < -0.4 is 0 Å². The van der Waals surface area contributed by atoms with E-state index in [9.17, 15) is 29.4 Å². The highest BCUT2D eigenvalue weighted by Gasteiger charge is 2.64. The van der Waals surface area contributed by atoms with Gasteiger partial charge in [-0.25, -0.2) is 0 Å². The number of carboxylic acid groups (broad SMARTS) is 2. The molecular weight excluding hydrogens is 556 g/mol. The molecule has 0 heterocycles. The van der Waals surface area contributed by atoms with Crippen molar-refractivity contribution in [1.82, 2.24) is 9.80 Å². The van der Waals surface area contributed by atoms with Gasteiger partial charge in [0.15, 0.2) is 0 Å². The van der Waals surface area contributed by atoms with Gasteiger partial charge >= 0.3 is 11.9 Å². The normalized spacial score (nSPS) is 18.9. The van der Waals surface area contributed by atoms with Crippen molar-refractivity contribution in [3.8, 4) is 0 Å². The van der Waals surface area contributed by atoms with Crippen LogP contribution in [0.15, 0.2) is 121 Å². The molecule has 0 radical (unpaired) electrons. The van der Waals surface area contributed by atoms with E-state index >= 15 is 0 Å². The van der Waals surface area contributed by atoms with Crippen LogP contribution in [0.2, 0.25) is 0 Å². The second kappa shape index (κ2) is 13.8. The summed E-state index contributed by atoms with van der Waals surface area (Å²) in [6, 6.07) is 37.0. The van der Waals surface area contributed by atoms with E-state index in [1.165, 1.54) is 9.80 Å². The molecule has 2 amide bonds. The summed E-state index contributed by atoms with van der Waals surface area (Å²) in [6.07, 6.45) is 0. The van der Waals surface area contributed by atoms with Gasteiger partial charge in [-0.1, -0.05) is 121 Å². The third-order valence-corrected chi connectivity index (χ3v) is 8.18. The number of hydrogen-bond donors (Lipinski definition) is 2. The Kier molecular flexibility index (Phi) is 9.49. The lowest BCUT2D eigenvalue weighted by atomic mass is 9.55. The quantitative estimate of drug-likeness (QED) is 0.238. The summed E-state index contributed by atoms with van der Waals surface area (Å²) in [7, 11) is 0. The van der Waals surface area contributed by atoms with Gasteiger partial charge in [-0.2, -0.15) is 0 Å². The van der Waals surface area contributed by atoms with Crippen molar-refractivity contribution in [3.63, 3.8) is 0 Å². The molecule has 8 heteroatoms. The summed E-state index contributed by atoms with van der Waals surface area (Å²) in [5.74, 6) is -9.70. The predicted molar refractivity (Wildman–Crippen MR) is 164 cm³/mol. The Bertz CT molecular complexity index is 1370. The first kappa shape index (κ1) is 30.2. The van der Waals surface area contributed by atoms with Gasteiger partial charge in [0.1, 0.15) is 0 Å². The average molecular weight is 591 g/mol. The fourth-order valence-corrected chi connectivity index (χ4v) is 6.04. The maximum Gasteiger partial charge on any atom is 0.308 e. The van der Waals surface area contributed by atoms with Crippen LogP contribution in [0.4, 0.5) is 0 Å². The number of aliphatic carboxylic acids is 2. The molecule has 0 bridgehead atoms. The van der Waals surface area contributed by atoms with Gasteiger partial charge in [0.25, 0.3) is 0 Å². The first-order valence-corrected chi connectivity index (χ1v) is 14.5. The van der Waals surface area contributed by atoms with Crippen molar-refractivity contribution >= 4 is 23.8 Å². The number of carbonyl (C=O) groups is 4. The number of nitrogens with zero attached hydrogens (tertiary/aromatic N) is 2. The van der Waals surface area contributed by atoms with E-state index in [1.54, 1.807) is 0 Å². The van der Waals surface area contributed by atoms with Crippen LogP contribution in [0.5, 0.6) is 0 Å². The van der Waals surface area contributed by atoms with Crippen molar-refractivity contribution in [3.05, 3.63) is 144 Å². The molecule has 8 nitrogen and oxygen atoms in total. The molecule has 1 aliphatic rings. The Labute approximate surface area is 256 Å².